The number of nitrogens with zero attached hydrogens (tertiary/aromatic N) is 2. The van der Waals surface area contributed by atoms with E-state index in [1.165, 1.54) is 0 Å². The van der Waals surface area contributed by atoms with Crippen LogP contribution in [0.1, 0.15) is 22.9 Å². The zero-order chi connectivity index (χ0) is 22.1. The first-order chi connectivity index (χ1) is 15.7. The summed E-state index contributed by atoms with van der Waals surface area (Å²) in [6.07, 6.45) is 2.05. The molecule has 0 spiro atoms. The predicted octanol–water partition coefficient (Wildman–Crippen LogP) is 6.28. The second-order valence-corrected chi connectivity index (χ2v) is 8.08. The van der Waals surface area contributed by atoms with E-state index in [1.54, 1.807) is 25.3 Å². The Balaban J connectivity index is 1.62. The van der Waals surface area contributed by atoms with Crippen molar-refractivity contribution in [2.75, 3.05) is 12.4 Å². The first-order valence-corrected chi connectivity index (χ1v) is 10.7. The smallest absolute Gasteiger partial charge is 0.323 e. The van der Waals surface area contributed by atoms with Gasteiger partial charge in [-0.3, -0.25) is 0 Å². The highest BCUT2D eigenvalue weighted by molar-refractivity contribution is 6.31. The minimum Gasteiger partial charge on any atom is -0.495 e. The molecule has 5 rings (SSSR count). The first kappa shape index (κ1) is 20.2. The summed E-state index contributed by atoms with van der Waals surface area (Å²) in [5.41, 5.74) is 4.73. The predicted molar refractivity (Wildman–Crippen MR) is 127 cm³/mol. The van der Waals surface area contributed by atoms with E-state index in [-0.39, 0.29) is 12.1 Å². The van der Waals surface area contributed by atoms with Crippen LogP contribution in [0.2, 0.25) is 5.02 Å². The number of nitrogens with one attached hydrogen (secondary N) is 1. The average molecular weight is 444 g/mol. The molecule has 32 heavy (non-hydrogen) atoms. The molecule has 0 saturated carbocycles. The maximum absolute atomic E-state index is 13.7. The average Bonchev–Trinajstić information content (AvgIpc) is 3.24. The molecule has 5 nitrogen and oxygen atoms in total. The maximum atomic E-state index is 13.7. The van der Waals surface area contributed by atoms with Gasteiger partial charge in [0.2, 0.25) is 0 Å². The summed E-state index contributed by atoms with van der Waals surface area (Å²) in [5.74, 6) is 0.553. The Morgan fingerprint density at radius 2 is 1.78 bits per heavy atom. The molecule has 2 amide bonds. The molecule has 1 N–H and O–H groups in total. The molecule has 0 unspecified atom stereocenters. The van der Waals surface area contributed by atoms with Crippen LogP contribution in [-0.2, 0) is 6.54 Å². The third kappa shape index (κ3) is 3.61. The van der Waals surface area contributed by atoms with Gasteiger partial charge < -0.3 is 19.5 Å². The summed E-state index contributed by atoms with van der Waals surface area (Å²) in [4.78, 5) is 15.6. The molecule has 4 aromatic rings. The largest absolute Gasteiger partial charge is 0.495 e. The SMILES string of the molecule is COc1ccc(Cl)cc1NC(=O)N1Cc2ccccc2-n2cccc2[C@@H]1c1ccccc1. The van der Waals surface area contributed by atoms with E-state index >= 15 is 0 Å². The highest BCUT2D eigenvalue weighted by atomic mass is 35.5. The summed E-state index contributed by atoms with van der Waals surface area (Å²) < 4.78 is 7.60. The lowest BCUT2D eigenvalue weighted by molar-refractivity contribution is 0.194. The number of halogens is 1. The number of carbonyl (C=O) groups is 1. The van der Waals surface area contributed by atoms with Gasteiger partial charge in [0.1, 0.15) is 5.75 Å². The fourth-order valence-corrected chi connectivity index (χ4v) is 4.46. The van der Waals surface area contributed by atoms with Gasteiger partial charge >= 0.3 is 6.03 Å². The van der Waals surface area contributed by atoms with Crippen molar-refractivity contribution in [3.8, 4) is 11.4 Å². The van der Waals surface area contributed by atoms with E-state index in [9.17, 15) is 4.79 Å². The van der Waals surface area contributed by atoms with E-state index in [1.807, 2.05) is 47.5 Å². The number of ether oxygens (including phenoxy) is 1. The highest BCUT2D eigenvalue weighted by Crippen LogP contribution is 2.37. The topological polar surface area (TPSA) is 46.5 Å². The van der Waals surface area contributed by atoms with Crippen LogP contribution in [0.3, 0.4) is 0 Å². The number of rotatable bonds is 3. The summed E-state index contributed by atoms with van der Waals surface area (Å²) in [5, 5.41) is 3.55. The molecule has 6 heteroatoms. The van der Waals surface area contributed by atoms with E-state index in [0.717, 1.165) is 22.5 Å². The van der Waals surface area contributed by atoms with E-state index in [2.05, 4.69) is 40.2 Å². The van der Waals surface area contributed by atoms with Gasteiger partial charge in [0.25, 0.3) is 0 Å². The Morgan fingerprint density at radius 3 is 2.59 bits per heavy atom. The molecule has 0 bridgehead atoms. The first-order valence-electron chi connectivity index (χ1n) is 10.4. The standard InChI is InChI=1S/C26H22ClN3O2/c1-32-24-14-13-20(27)16-21(24)28-26(31)30-17-19-10-5-6-11-22(19)29-15-7-12-23(29)25(30)18-8-3-2-4-9-18/h2-16,25H,17H2,1H3,(H,28,31)/t25-/m0/s1. The summed E-state index contributed by atoms with van der Waals surface area (Å²) in [6, 6.07) is 27.0. The molecule has 1 aliphatic rings. The van der Waals surface area contributed by atoms with Crippen molar-refractivity contribution in [1.29, 1.82) is 0 Å². The van der Waals surface area contributed by atoms with Crippen molar-refractivity contribution < 1.29 is 9.53 Å². The summed E-state index contributed by atoms with van der Waals surface area (Å²) >= 11 is 6.19. The molecular weight excluding hydrogens is 422 g/mol. The van der Waals surface area contributed by atoms with Gasteiger partial charge in [-0.1, -0.05) is 60.1 Å². The van der Waals surface area contributed by atoms with E-state index in [0.29, 0.717) is 23.0 Å². The number of amides is 2. The lowest BCUT2D eigenvalue weighted by Crippen LogP contribution is -2.38. The Kier molecular flexibility index (Phi) is 5.33. The second kappa shape index (κ2) is 8.44. The molecule has 0 saturated heterocycles. The third-order valence-electron chi connectivity index (χ3n) is 5.74. The van der Waals surface area contributed by atoms with Crippen molar-refractivity contribution in [2.45, 2.75) is 12.6 Å². The Bertz CT molecular complexity index is 1270. The monoisotopic (exact) mass is 443 g/mol. The number of hydrogen-bond acceptors (Lipinski definition) is 2. The number of benzene rings is 3. The molecule has 1 atom stereocenters. The highest BCUT2D eigenvalue weighted by Gasteiger charge is 2.33. The number of hydrogen-bond donors (Lipinski definition) is 1. The van der Waals surface area contributed by atoms with Crippen LogP contribution in [0, 0.1) is 0 Å². The number of para-hydroxylation sites is 1. The Labute approximate surface area is 191 Å². The Hall–Kier alpha value is -3.70. The minimum absolute atomic E-state index is 0.233. The van der Waals surface area contributed by atoms with E-state index < -0.39 is 0 Å². The van der Waals surface area contributed by atoms with Crippen LogP contribution < -0.4 is 10.1 Å². The number of aromatic nitrogens is 1. The van der Waals surface area contributed by atoms with Gasteiger partial charge in [-0.25, -0.2) is 4.79 Å². The number of anilines is 1. The van der Waals surface area contributed by atoms with Crippen LogP contribution >= 0.6 is 11.6 Å². The van der Waals surface area contributed by atoms with Gasteiger partial charge in [0.05, 0.1) is 31.1 Å². The van der Waals surface area contributed by atoms with Crippen LogP contribution in [0.5, 0.6) is 5.75 Å². The van der Waals surface area contributed by atoms with E-state index in [4.69, 9.17) is 16.3 Å². The number of carbonyl (C=O) groups excluding carboxylic acids is 1. The normalized spacial score (nSPS) is 14.8. The minimum atomic E-state index is -0.274. The molecular formula is C26H22ClN3O2. The zero-order valence-electron chi connectivity index (χ0n) is 17.5. The summed E-state index contributed by atoms with van der Waals surface area (Å²) in [6.45, 7) is 0.451. The van der Waals surface area contributed by atoms with Crippen molar-refractivity contribution in [1.82, 2.24) is 9.47 Å². The number of fused-ring (bicyclic) bond motifs is 3. The fourth-order valence-electron chi connectivity index (χ4n) is 4.29. The molecule has 0 fully saturated rings. The quantitative estimate of drug-likeness (QED) is 0.405. The molecule has 160 valence electrons. The molecule has 0 aliphatic carbocycles. The van der Waals surface area contributed by atoms with Crippen molar-refractivity contribution in [3.63, 3.8) is 0 Å². The van der Waals surface area contributed by atoms with Gasteiger partial charge in [-0.15, -0.1) is 0 Å². The molecule has 2 heterocycles. The van der Waals surface area contributed by atoms with Gasteiger partial charge in [0.15, 0.2) is 0 Å². The van der Waals surface area contributed by atoms with Crippen LogP contribution in [0.25, 0.3) is 5.69 Å². The fraction of sp³-hybridized carbons (Fsp3) is 0.115. The lowest BCUT2D eigenvalue weighted by Gasteiger charge is -2.31. The third-order valence-corrected chi connectivity index (χ3v) is 5.98. The molecule has 1 aromatic heterocycles. The summed E-state index contributed by atoms with van der Waals surface area (Å²) in [7, 11) is 1.57. The molecule has 1 aliphatic heterocycles. The van der Waals surface area contributed by atoms with Gasteiger partial charge in [0, 0.05) is 16.9 Å². The van der Waals surface area contributed by atoms with Crippen molar-refractivity contribution in [3.05, 3.63) is 113 Å². The van der Waals surface area contributed by atoms with Crippen molar-refractivity contribution in [2.24, 2.45) is 0 Å². The second-order valence-electron chi connectivity index (χ2n) is 7.65. The zero-order valence-corrected chi connectivity index (χ0v) is 18.3. The number of urea groups is 1. The molecule has 0 radical (unpaired) electrons. The van der Waals surface area contributed by atoms with Gasteiger partial charge in [-0.05, 0) is 47.5 Å². The van der Waals surface area contributed by atoms with Crippen LogP contribution in [-0.4, -0.2) is 22.6 Å². The van der Waals surface area contributed by atoms with Crippen LogP contribution in [0.15, 0.2) is 91.1 Å². The van der Waals surface area contributed by atoms with Gasteiger partial charge in [-0.2, -0.15) is 0 Å². The lowest BCUT2D eigenvalue weighted by atomic mass is 10.0. The maximum Gasteiger partial charge on any atom is 0.323 e. The molecule has 3 aromatic carbocycles. The Morgan fingerprint density at radius 1 is 1.00 bits per heavy atom. The number of methoxy groups -OCH3 is 1. The van der Waals surface area contributed by atoms with Crippen molar-refractivity contribution >= 4 is 23.3 Å². The van der Waals surface area contributed by atoms with Crippen LogP contribution in [0.4, 0.5) is 10.5 Å².